The zero-order valence-electron chi connectivity index (χ0n) is 26.8. The average Bonchev–Trinajstić information content (AvgIpc) is 3.77. The van der Waals surface area contributed by atoms with Crippen LogP contribution in [-0.4, -0.2) is 92.6 Å². The topological polar surface area (TPSA) is 177 Å². The van der Waals surface area contributed by atoms with Gasteiger partial charge in [-0.25, -0.2) is 19.0 Å². The van der Waals surface area contributed by atoms with Gasteiger partial charge < -0.3 is 20.1 Å². The molecule has 2 amide bonds. The molecule has 15 nitrogen and oxygen atoms in total. The van der Waals surface area contributed by atoms with Crippen LogP contribution in [0.5, 0.6) is 0 Å². The summed E-state index contributed by atoms with van der Waals surface area (Å²) in [7, 11) is 1.36. The second-order valence-corrected chi connectivity index (χ2v) is 12.7. The summed E-state index contributed by atoms with van der Waals surface area (Å²) >= 11 is 0. The van der Waals surface area contributed by atoms with Crippen molar-refractivity contribution in [3.8, 4) is 28.7 Å². The summed E-state index contributed by atoms with van der Waals surface area (Å²) in [5.41, 5.74) is 8.32. The Balaban J connectivity index is 1.07. The number of fused-ring (bicyclic) bond motifs is 1. The summed E-state index contributed by atoms with van der Waals surface area (Å²) < 4.78 is 13.8. The molecule has 1 saturated heterocycles. The number of nitriles is 1. The van der Waals surface area contributed by atoms with Gasteiger partial charge in [0.05, 0.1) is 61.2 Å². The van der Waals surface area contributed by atoms with Gasteiger partial charge in [0.1, 0.15) is 11.8 Å². The number of alkyl carbamates (subject to hydrolysis) is 1. The largest absolute Gasteiger partial charge is 0.453 e. The van der Waals surface area contributed by atoms with E-state index in [0.717, 1.165) is 66.7 Å². The van der Waals surface area contributed by atoms with E-state index in [4.69, 9.17) is 14.5 Å². The highest BCUT2D eigenvalue weighted by molar-refractivity contribution is 5.79. The van der Waals surface area contributed by atoms with Crippen molar-refractivity contribution in [3.63, 3.8) is 0 Å². The van der Waals surface area contributed by atoms with Crippen molar-refractivity contribution in [2.24, 2.45) is 11.8 Å². The highest BCUT2D eigenvalue weighted by Gasteiger charge is 2.32. The van der Waals surface area contributed by atoms with Gasteiger partial charge >= 0.3 is 6.09 Å². The lowest BCUT2D eigenvalue weighted by atomic mass is 9.80. The molecule has 0 spiro atoms. The molecule has 250 valence electrons. The van der Waals surface area contributed by atoms with Crippen LogP contribution >= 0.6 is 0 Å². The van der Waals surface area contributed by atoms with E-state index < -0.39 is 6.09 Å². The summed E-state index contributed by atoms with van der Waals surface area (Å²) in [6.45, 7) is 3.27. The average molecular weight is 654 g/mol. The molecule has 3 aliphatic rings. The van der Waals surface area contributed by atoms with E-state index in [2.05, 4.69) is 37.5 Å². The van der Waals surface area contributed by atoms with E-state index >= 15 is 0 Å². The second kappa shape index (κ2) is 14.0. The highest BCUT2D eigenvalue weighted by atomic mass is 16.5. The van der Waals surface area contributed by atoms with Crippen LogP contribution in [0, 0.1) is 23.2 Å². The molecule has 2 aliphatic carbocycles. The third-order valence-corrected chi connectivity index (χ3v) is 9.62. The van der Waals surface area contributed by atoms with Crippen LogP contribution in [0.3, 0.4) is 0 Å². The summed E-state index contributed by atoms with van der Waals surface area (Å²) in [6, 6.07) is 10.2. The smallest absolute Gasteiger partial charge is 0.406 e. The maximum Gasteiger partial charge on any atom is 0.406 e. The maximum atomic E-state index is 12.9. The predicted molar refractivity (Wildman–Crippen MR) is 174 cm³/mol. The third-order valence-electron chi connectivity index (χ3n) is 9.62. The number of morpholine rings is 1. The zero-order valence-corrected chi connectivity index (χ0v) is 26.8. The molecule has 4 aromatic heterocycles. The monoisotopic (exact) mass is 653 g/mol. The number of nitrogens with zero attached hydrogens (tertiary/aromatic N) is 8. The predicted octanol–water partition coefficient (Wildman–Crippen LogP) is 3.17. The summed E-state index contributed by atoms with van der Waals surface area (Å²) in [5, 5.41) is 31.3. The van der Waals surface area contributed by atoms with Crippen LogP contribution in [0.2, 0.25) is 0 Å². The van der Waals surface area contributed by atoms with Crippen LogP contribution in [0.25, 0.3) is 28.2 Å². The van der Waals surface area contributed by atoms with Gasteiger partial charge in [0.2, 0.25) is 5.91 Å². The SMILES string of the molecule is COC(=O)NCC1CC(Nc2cc(-c3ccc4cc(C#N)cnn34)ncc2-c2cn(C3CCC(C(=O)NN4CCOCC4)CC3)nn2)C1. The first-order valence-electron chi connectivity index (χ1n) is 16.5. The van der Waals surface area contributed by atoms with Crippen molar-refractivity contribution in [2.45, 2.75) is 50.6 Å². The Morgan fingerprint density at radius 3 is 2.67 bits per heavy atom. The fourth-order valence-corrected chi connectivity index (χ4v) is 6.82. The number of carbonyl (C=O) groups excluding carboxylic acids is 2. The summed E-state index contributed by atoms with van der Waals surface area (Å²) in [6.07, 6.45) is 9.97. The fourth-order valence-electron chi connectivity index (χ4n) is 6.82. The molecule has 0 bridgehead atoms. The number of rotatable bonds is 9. The van der Waals surface area contributed by atoms with Gasteiger partial charge in [-0.2, -0.15) is 10.4 Å². The Kier molecular flexibility index (Phi) is 9.17. The molecule has 0 unspecified atom stereocenters. The minimum atomic E-state index is -0.421. The Hall–Kier alpha value is -5.07. The van der Waals surface area contributed by atoms with E-state index in [1.165, 1.54) is 7.11 Å². The lowest BCUT2D eigenvalue weighted by Gasteiger charge is -2.36. The quantitative estimate of drug-likeness (QED) is 0.242. The molecule has 7 rings (SSSR count). The first kappa shape index (κ1) is 31.5. The lowest BCUT2D eigenvalue weighted by molar-refractivity contribution is -0.133. The van der Waals surface area contributed by atoms with E-state index in [1.54, 1.807) is 16.8 Å². The number of methoxy groups -OCH3 is 1. The van der Waals surface area contributed by atoms with E-state index in [1.807, 2.05) is 40.3 Å². The number of anilines is 1. The molecule has 48 heavy (non-hydrogen) atoms. The van der Waals surface area contributed by atoms with Crippen LogP contribution < -0.4 is 16.1 Å². The van der Waals surface area contributed by atoms with Gasteiger partial charge in [-0.3, -0.25) is 15.2 Å². The van der Waals surface area contributed by atoms with Crippen molar-refractivity contribution in [2.75, 3.05) is 45.3 Å². The van der Waals surface area contributed by atoms with Crippen molar-refractivity contribution in [1.29, 1.82) is 5.26 Å². The molecule has 3 N–H and O–H groups in total. The minimum Gasteiger partial charge on any atom is -0.453 e. The molecule has 15 heteroatoms. The minimum absolute atomic E-state index is 0.0140. The third kappa shape index (κ3) is 6.80. The summed E-state index contributed by atoms with van der Waals surface area (Å²) in [5.74, 6) is 0.429. The van der Waals surface area contributed by atoms with Gasteiger partial charge in [0.15, 0.2) is 0 Å². The second-order valence-electron chi connectivity index (χ2n) is 12.7. The van der Waals surface area contributed by atoms with Crippen molar-refractivity contribution >= 4 is 23.2 Å². The van der Waals surface area contributed by atoms with Gasteiger partial charge in [-0.05, 0) is 68.7 Å². The summed E-state index contributed by atoms with van der Waals surface area (Å²) in [4.78, 5) is 29.2. The number of hydrazine groups is 1. The highest BCUT2D eigenvalue weighted by Crippen LogP contribution is 2.37. The fraction of sp³-hybridized carbons (Fsp3) is 0.485. The normalized spacial score (nSPS) is 22.8. The molecular weight excluding hydrogens is 614 g/mol. The molecule has 0 aromatic carbocycles. The van der Waals surface area contributed by atoms with Gasteiger partial charge in [0, 0.05) is 49.0 Å². The van der Waals surface area contributed by atoms with Crippen LogP contribution in [0.15, 0.2) is 42.9 Å². The standard InChI is InChI=1S/C33H39N11O4/c1-47-33(46)36-17-21-12-24(13-21)38-28-15-29(31-7-6-26-14-22(16-34)18-37-44(26)31)35-19-27(28)30-20-43(41-39-30)25-4-2-23(3-5-25)32(45)40-42-8-10-48-11-9-42/h6-7,14-15,18-21,23-25H,2-5,8-13,17H2,1H3,(H,35,38)(H,36,46)(H,40,45). The number of hydrogen-bond acceptors (Lipinski definition) is 11. The number of carbonyl (C=O) groups is 2. The van der Waals surface area contributed by atoms with Crippen LogP contribution in [0.4, 0.5) is 10.5 Å². The molecule has 4 aromatic rings. The zero-order chi connectivity index (χ0) is 33.0. The molecule has 5 heterocycles. The Morgan fingerprint density at radius 2 is 1.90 bits per heavy atom. The Labute approximate surface area is 277 Å². The first-order chi connectivity index (χ1) is 23.5. The lowest BCUT2D eigenvalue weighted by Crippen LogP contribution is -2.50. The Bertz CT molecular complexity index is 1810. The maximum absolute atomic E-state index is 12.9. The van der Waals surface area contributed by atoms with Gasteiger partial charge in [-0.15, -0.1) is 5.10 Å². The van der Waals surface area contributed by atoms with Crippen molar-refractivity contribution in [3.05, 3.63) is 48.4 Å². The first-order valence-corrected chi connectivity index (χ1v) is 16.5. The molecule has 1 aliphatic heterocycles. The molecule has 0 radical (unpaired) electrons. The Morgan fingerprint density at radius 1 is 1.08 bits per heavy atom. The number of ether oxygens (including phenoxy) is 2. The molecule has 3 fully saturated rings. The van der Waals surface area contributed by atoms with Gasteiger partial charge in [0.25, 0.3) is 0 Å². The van der Waals surface area contributed by atoms with Gasteiger partial charge in [-0.1, -0.05) is 5.21 Å². The number of pyridine rings is 1. The number of amides is 2. The van der Waals surface area contributed by atoms with Crippen LogP contribution in [0.1, 0.15) is 50.1 Å². The van der Waals surface area contributed by atoms with Crippen molar-refractivity contribution in [1.82, 2.24) is 45.3 Å². The molecular formula is C33H39N11O4. The van der Waals surface area contributed by atoms with Crippen molar-refractivity contribution < 1.29 is 19.1 Å². The van der Waals surface area contributed by atoms with E-state index in [-0.39, 0.29) is 23.9 Å². The van der Waals surface area contributed by atoms with Crippen LogP contribution in [-0.2, 0) is 14.3 Å². The molecule has 2 saturated carbocycles. The van der Waals surface area contributed by atoms with E-state index in [9.17, 15) is 14.9 Å². The number of aromatic nitrogens is 6. The van der Waals surface area contributed by atoms with E-state index in [0.29, 0.717) is 50.0 Å². The number of hydrogen-bond donors (Lipinski definition) is 3. The molecule has 0 atom stereocenters. The number of nitrogens with one attached hydrogen (secondary N) is 3.